The van der Waals surface area contributed by atoms with Gasteiger partial charge in [0.05, 0.1) is 6.61 Å². The number of fused-ring (bicyclic) bond motifs is 1. The number of hydrogen-bond acceptors (Lipinski definition) is 3. The normalized spacial score (nSPS) is 11.1. The molecule has 0 radical (unpaired) electrons. The second kappa shape index (κ2) is 12.6. The van der Waals surface area contributed by atoms with Gasteiger partial charge in [-0.3, -0.25) is 0 Å². The highest BCUT2D eigenvalue weighted by molar-refractivity contribution is 5.77. The fraction of sp³-hybridized carbons (Fsp3) is 0.609. The molecule has 0 saturated heterocycles. The first-order valence-electron chi connectivity index (χ1n) is 10.5. The van der Waals surface area contributed by atoms with Crippen LogP contribution in [0.5, 0.6) is 5.75 Å². The van der Waals surface area contributed by atoms with Crippen LogP contribution in [-0.4, -0.2) is 6.61 Å². The zero-order chi connectivity index (χ0) is 18.5. The Kier molecular flexibility index (Phi) is 9.92. The summed E-state index contributed by atoms with van der Waals surface area (Å²) in [7, 11) is 0. The Bertz CT molecular complexity index is 674. The maximum Gasteiger partial charge on any atom is 0.336 e. The van der Waals surface area contributed by atoms with Gasteiger partial charge in [-0.1, -0.05) is 77.6 Å². The predicted octanol–water partition coefficient (Wildman–Crippen LogP) is 6.87. The lowest BCUT2D eigenvalue weighted by molar-refractivity contribution is 0.304. The predicted molar refractivity (Wildman–Crippen MR) is 109 cm³/mol. The minimum Gasteiger partial charge on any atom is -0.493 e. The molecule has 26 heavy (non-hydrogen) atoms. The molecule has 2 aromatic rings. The van der Waals surface area contributed by atoms with E-state index in [2.05, 4.69) is 6.92 Å². The maximum absolute atomic E-state index is 11.3. The molecule has 3 nitrogen and oxygen atoms in total. The Balaban J connectivity index is 1.47. The van der Waals surface area contributed by atoms with Gasteiger partial charge in [0.25, 0.3) is 0 Å². The summed E-state index contributed by atoms with van der Waals surface area (Å²) in [6.45, 7) is 2.99. The van der Waals surface area contributed by atoms with E-state index in [0.717, 1.165) is 24.2 Å². The Morgan fingerprint density at radius 3 is 2.00 bits per heavy atom. The van der Waals surface area contributed by atoms with Crippen LogP contribution in [0.4, 0.5) is 0 Å². The Morgan fingerprint density at radius 1 is 0.769 bits per heavy atom. The average Bonchev–Trinajstić information content (AvgIpc) is 2.65. The van der Waals surface area contributed by atoms with Crippen LogP contribution in [0.3, 0.4) is 0 Å². The van der Waals surface area contributed by atoms with Crippen molar-refractivity contribution < 1.29 is 9.15 Å². The van der Waals surface area contributed by atoms with Crippen molar-refractivity contribution >= 4 is 11.0 Å². The molecule has 0 saturated carbocycles. The van der Waals surface area contributed by atoms with E-state index in [-0.39, 0.29) is 5.63 Å². The number of benzene rings is 1. The molecule has 0 bridgehead atoms. The fourth-order valence-electron chi connectivity index (χ4n) is 3.26. The zero-order valence-electron chi connectivity index (χ0n) is 16.3. The summed E-state index contributed by atoms with van der Waals surface area (Å²) in [6.07, 6.45) is 16.1. The van der Waals surface area contributed by atoms with E-state index >= 15 is 0 Å². The van der Waals surface area contributed by atoms with Crippen molar-refractivity contribution in [3.05, 3.63) is 40.8 Å². The number of unbranched alkanes of at least 4 members (excludes halogenated alkanes) is 11. The van der Waals surface area contributed by atoms with E-state index in [1.165, 1.54) is 76.7 Å². The van der Waals surface area contributed by atoms with Gasteiger partial charge in [-0.15, -0.1) is 0 Å². The summed E-state index contributed by atoms with van der Waals surface area (Å²) < 4.78 is 11.0. The molecule has 0 aliphatic rings. The Morgan fingerprint density at radius 2 is 1.35 bits per heavy atom. The standard InChI is InChI=1S/C23H34O3/c1-2-3-4-5-6-7-8-9-10-11-12-13-18-25-21-16-14-20-15-17-23(24)26-22(20)19-21/h14-17,19H,2-13,18H2,1H3. The van der Waals surface area contributed by atoms with Gasteiger partial charge < -0.3 is 9.15 Å². The monoisotopic (exact) mass is 358 g/mol. The van der Waals surface area contributed by atoms with E-state index in [1.54, 1.807) is 12.1 Å². The molecule has 0 spiro atoms. The van der Waals surface area contributed by atoms with Crippen molar-refractivity contribution in [3.63, 3.8) is 0 Å². The van der Waals surface area contributed by atoms with Gasteiger partial charge >= 0.3 is 5.63 Å². The first-order chi connectivity index (χ1) is 12.8. The molecule has 1 aromatic carbocycles. The van der Waals surface area contributed by atoms with Crippen molar-refractivity contribution in [2.75, 3.05) is 6.61 Å². The molecule has 0 fully saturated rings. The molecule has 3 heteroatoms. The van der Waals surface area contributed by atoms with Crippen molar-refractivity contribution in [3.8, 4) is 5.75 Å². The zero-order valence-corrected chi connectivity index (χ0v) is 16.3. The lowest BCUT2D eigenvalue weighted by Crippen LogP contribution is -1.98. The topological polar surface area (TPSA) is 39.4 Å². The maximum atomic E-state index is 11.3. The Hall–Kier alpha value is -1.77. The molecule has 144 valence electrons. The lowest BCUT2D eigenvalue weighted by atomic mass is 10.1. The highest BCUT2D eigenvalue weighted by Gasteiger charge is 2.00. The second-order valence-corrected chi connectivity index (χ2v) is 7.19. The van der Waals surface area contributed by atoms with E-state index in [0.29, 0.717) is 5.58 Å². The third kappa shape index (κ3) is 8.07. The van der Waals surface area contributed by atoms with Gasteiger partial charge in [0, 0.05) is 17.5 Å². The van der Waals surface area contributed by atoms with Crippen molar-refractivity contribution in [1.82, 2.24) is 0 Å². The van der Waals surface area contributed by atoms with E-state index in [4.69, 9.17) is 9.15 Å². The van der Waals surface area contributed by atoms with Gasteiger partial charge in [-0.2, -0.15) is 0 Å². The van der Waals surface area contributed by atoms with Crippen LogP contribution in [0.1, 0.15) is 84.0 Å². The van der Waals surface area contributed by atoms with Crippen molar-refractivity contribution in [2.45, 2.75) is 84.0 Å². The number of ether oxygens (including phenoxy) is 1. The Labute approximate surface area is 157 Å². The molecule has 1 aromatic heterocycles. The summed E-state index contributed by atoms with van der Waals surface area (Å²) >= 11 is 0. The SMILES string of the molecule is CCCCCCCCCCCCCCOc1ccc2ccc(=O)oc2c1. The molecule has 0 unspecified atom stereocenters. The van der Waals surface area contributed by atoms with E-state index < -0.39 is 0 Å². The number of rotatable bonds is 14. The molecule has 0 N–H and O–H groups in total. The highest BCUT2D eigenvalue weighted by atomic mass is 16.5. The van der Waals surface area contributed by atoms with Gasteiger partial charge in [0.1, 0.15) is 11.3 Å². The van der Waals surface area contributed by atoms with E-state index in [1.807, 2.05) is 12.1 Å². The first-order valence-corrected chi connectivity index (χ1v) is 10.5. The van der Waals surface area contributed by atoms with Crippen LogP contribution in [0.2, 0.25) is 0 Å². The van der Waals surface area contributed by atoms with Crippen LogP contribution >= 0.6 is 0 Å². The van der Waals surface area contributed by atoms with Crippen LogP contribution in [0.15, 0.2) is 39.5 Å². The van der Waals surface area contributed by atoms with Gasteiger partial charge in [-0.05, 0) is 24.6 Å². The molecule has 0 atom stereocenters. The molecular weight excluding hydrogens is 324 g/mol. The molecule has 2 rings (SSSR count). The highest BCUT2D eigenvalue weighted by Crippen LogP contribution is 2.20. The van der Waals surface area contributed by atoms with Gasteiger partial charge in [0.15, 0.2) is 0 Å². The van der Waals surface area contributed by atoms with Gasteiger partial charge in [-0.25, -0.2) is 4.79 Å². The first kappa shape index (κ1) is 20.5. The summed E-state index contributed by atoms with van der Waals surface area (Å²) in [5, 5.41) is 0.919. The molecule has 0 aliphatic heterocycles. The quantitative estimate of drug-likeness (QED) is 0.273. The minimum atomic E-state index is -0.324. The molecule has 1 heterocycles. The third-order valence-electron chi connectivity index (χ3n) is 4.86. The minimum absolute atomic E-state index is 0.324. The average molecular weight is 359 g/mol. The second-order valence-electron chi connectivity index (χ2n) is 7.19. The third-order valence-corrected chi connectivity index (χ3v) is 4.86. The fourth-order valence-corrected chi connectivity index (χ4v) is 3.26. The van der Waals surface area contributed by atoms with Crippen molar-refractivity contribution in [1.29, 1.82) is 0 Å². The van der Waals surface area contributed by atoms with Crippen molar-refractivity contribution in [2.24, 2.45) is 0 Å². The van der Waals surface area contributed by atoms with Crippen LogP contribution in [0.25, 0.3) is 11.0 Å². The molecule has 0 amide bonds. The smallest absolute Gasteiger partial charge is 0.336 e. The summed E-state index contributed by atoms with van der Waals surface area (Å²) in [6, 6.07) is 8.88. The summed E-state index contributed by atoms with van der Waals surface area (Å²) in [5.41, 5.74) is 0.264. The molecular formula is C23H34O3. The van der Waals surface area contributed by atoms with Crippen LogP contribution in [0, 0.1) is 0 Å². The lowest BCUT2D eigenvalue weighted by Gasteiger charge is -2.07. The summed E-state index contributed by atoms with van der Waals surface area (Å²) in [4.78, 5) is 11.3. The van der Waals surface area contributed by atoms with Crippen LogP contribution < -0.4 is 10.4 Å². The summed E-state index contributed by atoms with van der Waals surface area (Å²) in [5.74, 6) is 0.773. The molecule has 0 aliphatic carbocycles. The van der Waals surface area contributed by atoms with E-state index in [9.17, 15) is 4.79 Å². The number of hydrogen-bond donors (Lipinski definition) is 0. The largest absolute Gasteiger partial charge is 0.493 e. The van der Waals surface area contributed by atoms with Crippen LogP contribution in [-0.2, 0) is 0 Å². The van der Waals surface area contributed by atoms with Gasteiger partial charge in [0.2, 0.25) is 0 Å².